The summed E-state index contributed by atoms with van der Waals surface area (Å²) in [5.74, 6) is 0.622. The molecule has 7 heteroatoms. The van der Waals surface area contributed by atoms with Crippen molar-refractivity contribution in [3.8, 4) is 0 Å². The fraction of sp³-hybridized carbons (Fsp3) is 0.833. The van der Waals surface area contributed by atoms with Crippen LogP contribution in [-0.2, 0) is 14.3 Å². The second kappa shape index (κ2) is 8.53. The highest BCUT2D eigenvalue weighted by Crippen LogP contribution is 2.34. The zero-order chi connectivity index (χ0) is 14.3. The average Bonchev–Trinajstić information content (AvgIpc) is 2.75. The highest BCUT2D eigenvalue weighted by molar-refractivity contribution is 8.00. The van der Waals surface area contributed by atoms with Crippen molar-refractivity contribution in [1.82, 2.24) is 5.32 Å². The van der Waals surface area contributed by atoms with Crippen LogP contribution in [0.15, 0.2) is 0 Å². The number of hydrogen-bond donors (Lipinski definition) is 1. The van der Waals surface area contributed by atoms with Gasteiger partial charge in [-0.25, -0.2) is 4.79 Å². The lowest BCUT2D eigenvalue weighted by molar-refractivity contribution is -0.140. The number of thioether (sulfide) groups is 1. The number of halogens is 1. The summed E-state index contributed by atoms with van der Waals surface area (Å²) in [6.45, 7) is 0. The first kappa shape index (κ1) is 16.4. The molecular weight excluding hydrogens is 290 g/mol. The van der Waals surface area contributed by atoms with E-state index in [1.54, 1.807) is 11.8 Å². The molecule has 1 heterocycles. The Morgan fingerprint density at radius 1 is 1.32 bits per heavy atom. The van der Waals surface area contributed by atoms with Gasteiger partial charge >= 0.3 is 12.1 Å². The summed E-state index contributed by atoms with van der Waals surface area (Å²) in [5, 5.41) is 2.95. The number of methoxy groups -OCH3 is 2. The van der Waals surface area contributed by atoms with Gasteiger partial charge in [0.15, 0.2) is 0 Å². The standard InChI is InChI=1S/C12H20ClNO4S/c1-17-10(15)6-4-3-5-9-11(13)8(7-19-9)14-12(16)18-2/h8-9,11H,3-7H2,1-2H3,(H,14,16)/t8-,9-,11+/m1/s1. The maximum atomic E-state index is 11.1. The van der Waals surface area contributed by atoms with E-state index in [1.807, 2.05) is 0 Å². The third-order valence-corrected chi connectivity index (χ3v) is 5.33. The van der Waals surface area contributed by atoms with E-state index < -0.39 is 6.09 Å². The van der Waals surface area contributed by atoms with Crippen LogP contribution in [0.3, 0.4) is 0 Å². The summed E-state index contributed by atoms with van der Waals surface area (Å²) < 4.78 is 9.15. The number of alkyl halides is 1. The molecular formula is C12H20ClNO4S. The van der Waals surface area contributed by atoms with E-state index in [1.165, 1.54) is 14.2 Å². The molecule has 0 spiro atoms. The van der Waals surface area contributed by atoms with E-state index >= 15 is 0 Å². The molecule has 1 aliphatic rings. The number of alkyl carbamates (subject to hydrolysis) is 1. The van der Waals surface area contributed by atoms with Gasteiger partial charge in [-0.05, 0) is 12.8 Å². The van der Waals surface area contributed by atoms with E-state index in [2.05, 4.69) is 14.8 Å². The minimum Gasteiger partial charge on any atom is -0.469 e. The van der Waals surface area contributed by atoms with Crippen molar-refractivity contribution in [2.24, 2.45) is 0 Å². The zero-order valence-corrected chi connectivity index (χ0v) is 12.8. The molecule has 1 N–H and O–H groups in total. The van der Waals surface area contributed by atoms with Gasteiger partial charge in [0, 0.05) is 17.4 Å². The lowest BCUT2D eigenvalue weighted by atomic mass is 10.1. The van der Waals surface area contributed by atoms with Gasteiger partial charge in [0.25, 0.3) is 0 Å². The van der Waals surface area contributed by atoms with E-state index in [0.717, 1.165) is 25.0 Å². The van der Waals surface area contributed by atoms with Crippen molar-refractivity contribution >= 4 is 35.4 Å². The van der Waals surface area contributed by atoms with Crippen molar-refractivity contribution < 1.29 is 19.1 Å². The number of carbonyl (C=O) groups excluding carboxylic acids is 2. The Hall–Kier alpha value is -0.620. The molecule has 0 aromatic heterocycles. The summed E-state index contributed by atoms with van der Waals surface area (Å²) in [6.07, 6.45) is 2.69. The minimum atomic E-state index is -0.442. The molecule has 1 fully saturated rings. The first-order valence-electron chi connectivity index (χ1n) is 6.25. The van der Waals surface area contributed by atoms with Crippen LogP contribution in [-0.4, -0.2) is 48.7 Å². The number of carbonyl (C=O) groups is 2. The predicted octanol–water partition coefficient (Wildman–Crippen LogP) is 2.17. The van der Waals surface area contributed by atoms with Crippen LogP contribution < -0.4 is 5.32 Å². The van der Waals surface area contributed by atoms with Gasteiger partial charge in [-0.1, -0.05) is 6.42 Å². The van der Waals surface area contributed by atoms with Crippen LogP contribution in [0.5, 0.6) is 0 Å². The van der Waals surface area contributed by atoms with Crippen LogP contribution >= 0.6 is 23.4 Å². The summed E-state index contributed by atoms with van der Waals surface area (Å²) in [5.41, 5.74) is 0. The molecule has 0 unspecified atom stereocenters. The number of rotatable bonds is 6. The van der Waals surface area contributed by atoms with Crippen molar-refractivity contribution in [2.75, 3.05) is 20.0 Å². The fourth-order valence-electron chi connectivity index (χ4n) is 1.96. The molecule has 0 saturated carbocycles. The predicted molar refractivity (Wildman–Crippen MR) is 75.7 cm³/mol. The molecule has 1 amide bonds. The third kappa shape index (κ3) is 5.48. The summed E-state index contributed by atoms with van der Waals surface area (Å²) >= 11 is 8.09. The average molecular weight is 310 g/mol. The second-order valence-corrected chi connectivity index (χ2v) is 6.16. The Balaban J connectivity index is 2.22. The Morgan fingerprint density at radius 3 is 2.68 bits per heavy atom. The van der Waals surface area contributed by atoms with E-state index in [9.17, 15) is 9.59 Å². The van der Waals surface area contributed by atoms with E-state index in [-0.39, 0.29) is 17.4 Å². The lowest BCUT2D eigenvalue weighted by Crippen LogP contribution is -2.41. The molecule has 19 heavy (non-hydrogen) atoms. The topological polar surface area (TPSA) is 64.6 Å². The van der Waals surface area contributed by atoms with Gasteiger partial charge in [-0.2, -0.15) is 11.8 Å². The van der Waals surface area contributed by atoms with Gasteiger partial charge in [-0.15, -0.1) is 11.6 Å². The third-order valence-electron chi connectivity index (χ3n) is 3.07. The molecule has 3 atom stereocenters. The molecule has 0 bridgehead atoms. The number of amides is 1. The maximum absolute atomic E-state index is 11.1. The maximum Gasteiger partial charge on any atom is 0.407 e. The lowest BCUT2D eigenvalue weighted by Gasteiger charge is -2.18. The number of nitrogens with one attached hydrogen (secondary N) is 1. The Morgan fingerprint density at radius 2 is 2.05 bits per heavy atom. The first-order chi connectivity index (χ1) is 9.08. The minimum absolute atomic E-state index is 0.0512. The van der Waals surface area contributed by atoms with Crippen LogP contribution in [0, 0.1) is 0 Å². The number of unbranched alkanes of at least 4 members (excludes halogenated alkanes) is 1. The van der Waals surface area contributed by atoms with Crippen molar-refractivity contribution in [3.63, 3.8) is 0 Å². The smallest absolute Gasteiger partial charge is 0.407 e. The van der Waals surface area contributed by atoms with Gasteiger partial charge in [-0.3, -0.25) is 4.79 Å². The van der Waals surface area contributed by atoms with Crippen molar-refractivity contribution in [1.29, 1.82) is 0 Å². The van der Waals surface area contributed by atoms with Crippen molar-refractivity contribution in [2.45, 2.75) is 42.4 Å². The Labute approximate surface area is 122 Å². The molecule has 0 aromatic rings. The molecule has 5 nitrogen and oxygen atoms in total. The summed E-state index contributed by atoms with van der Waals surface area (Å²) in [4.78, 5) is 22.1. The molecule has 1 saturated heterocycles. The molecule has 1 aliphatic heterocycles. The van der Waals surface area contributed by atoms with Gasteiger partial charge in [0.1, 0.15) is 0 Å². The fourth-order valence-corrected chi connectivity index (χ4v) is 4.02. The Bertz CT molecular complexity index is 316. The molecule has 110 valence electrons. The van der Waals surface area contributed by atoms with Crippen LogP contribution in [0.4, 0.5) is 4.79 Å². The van der Waals surface area contributed by atoms with Crippen molar-refractivity contribution in [3.05, 3.63) is 0 Å². The van der Waals surface area contributed by atoms with E-state index in [0.29, 0.717) is 11.7 Å². The molecule has 0 aromatic carbocycles. The van der Waals surface area contributed by atoms with Gasteiger partial charge in [0.05, 0.1) is 25.6 Å². The number of hydrogen-bond acceptors (Lipinski definition) is 5. The normalized spacial score (nSPS) is 25.9. The largest absolute Gasteiger partial charge is 0.469 e. The summed E-state index contributed by atoms with van der Waals surface area (Å²) in [6, 6.07) is -0.0512. The SMILES string of the molecule is COC(=O)CCCC[C@H]1SC[C@@H](NC(=O)OC)[C@@H]1Cl. The van der Waals surface area contributed by atoms with Crippen LogP contribution in [0.1, 0.15) is 25.7 Å². The Kier molecular flexibility index (Phi) is 7.38. The van der Waals surface area contributed by atoms with Crippen LogP contribution in [0.25, 0.3) is 0 Å². The monoisotopic (exact) mass is 309 g/mol. The quantitative estimate of drug-likeness (QED) is 0.463. The molecule has 1 rings (SSSR count). The molecule has 0 radical (unpaired) electrons. The van der Waals surface area contributed by atoms with Gasteiger partial charge in [0.2, 0.25) is 0 Å². The highest BCUT2D eigenvalue weighted by atomic mass is 35.5. The molecule has 0 aliphatic carbocycles. The van der Waals surface area contributed by atoms with E-state index in [4.69, 9.17) is 11.6 Å². The van der Waals surface area contributed by atoms with Crippen LogP contribution in [0.2, 0.25) is 0 Å². The van der Waals surface area contributed by atoms with Gasteiger partial charge < -0.3 is 14.8 Å². The highest BCUT2D eigenvalue weighted by Gasteiger charge is 2.36. The second-order valence-electron chi connectivity index (χ2n) is 4.38. The number of esters is 1. The first-order valence-corrected chi connectivity index (χ1v) is 7.74. The summed E-state index contributed by atoms with van der Waals surface area (Å²) in [7, 11) is 2.73. The number of ether oxygens (including phenoxy) is 2. The zero-order valence-electron chi connectivity index (χ0n) is 11.2.